The molecule has 2 rings (SSSR count). The fourth-order valence-corrected chi connectivity index (χ4v) is 3.20. The lowest BCUT2D eigenvalue weighted by Gasteiger charge is -2.45. The molecule has 2 heterocycles. The summed E-state index contributed by atoms with van der Waals surface area (Å²) in [5.41, 5.74) is 0. The first kappa shape index (κ1) is 12.6. The number of likely N-dealkylation sites (tertiary alicyclic amines) is 2. The van der Waals surface area contributed by atoms with Crippen molar-refractivity contribution in [2.24, 2.45) is 5.92 Å². The van der Waals surface area contributed by atoms with Crippen LogP contribution in [0, 0.1) is 5.92 Å². The van der Waals surface area contributed by atoms with Gasteiger partial charge in [-0.25, -0.2) is 4.79 Å². The van der Waals surface area contributed by atoms with E-state index in [9.17, 15) is 4.79 Å². The fraction of sp³-hybridized carbons (Fsp3) is 0.769. The van der Waals surface area contributed by atoms with Crippen molar-refractivity contribution in [1.82, 2.24) is 9.80 Å². The molecule has 0 aromatic carbocycles. The van der Waals surface area contributed by atoms with Crippen molar-refractivity contribution in [3.8, 4) is 0 Å². The van der Waals surface area contributed by atoms with Crippen molar-refractivity contribution >= 4 is 5.97 Å². The minimum absolute atomic E-state index is 0.753. The largest absolute Gasteiger partial charge is 0.478 e. The van der Waals surface area contributed by atoms with Crippen molar-refractivity contribution in [2.45, 2.75) is 25.3 Å². The van der Waals surface area contributed by atoms with Gasteiger partial charge in [0.1, 0.15) is 0 Å². The number of carbonyl (C=O) groups is 1. The van der Waals surface area contributed by atoms with Crippen molar-refractivity contribution in [2.75, 3.05) is 33.2 Å². The van der Waals surface area contributed by atoms with Crippen molar-refractivity contribution in [1.29, 1.82) is 0 Å². The molecule has 2 unspecified atom stereocenters. The molecule has 0 aromatic heterocycles. The van der Waals surface area contributed by atoms with Crippen molar-refractivity contribution < 1.29 is 9.90 Å². The van der Waals surface area contributed by atoms with Crippen LogP contribution in [0.25, 0.3) is 0 Å². The first-order chi connectivity index (χ1) is 8.16. The van der Waals surface area contributed by atoms with Gasteiger partial charge in [-0.15, -0.1) is 0 Å². The van der Waals surface area contributed by atoms with Gasteiger partial charge in [0.05, 0.1) is 0 Å². The molecule has 0 amide bonds. The minimum atomic E-state index is -0.850. The van der Waals surface area contributed by atoms with Crippen LogP contribution in [0.4, 0.5) is 0 Å². The average molecular weight is 238 g/mol. The number of hydrogen-bond acceptors (Lipinski definition) is 3. The van der Waals surface area contributed by atoms with Crippen LogP contribution in [0.5, 0.6) is 0 Å². The summed E-state index contributed by atoms with van der Waals surface area (Å²) in [6.45, 7) is 4.23. The fourth-order valence-electron chi connectivity index (χ4n) is 3.20. The smallest absolute Gasteiger partial charge is 0.328 e. The van der Waals surface area contributed by atoms with E-state index in [1.165, 1.54) is 31.9 Å². The number of hydrogen-bond donors (Lipinski definition) is 1. The third-order valence-electron chi connectivity index (χ3n) is 4.05. The maximum Gasteiger partial charge on any atom is 0.328 e. The Bertz CT molecular complexity index is 304. The second-order valence-electron chi connectivity index (χ2n) is 5.24. The number of aliphatic carboxylic acids is 1. The zero-order valence-electron chi connectivity index (χ0n) is 10.5. The van der Waals surface area contributed by atoms with Gasteiger partial charge in [0.15, 0.2) is 0 Å². The molecule has 96 valence electrons. The van der Waals surface area contributed by atoms with Crippen LogP contribution in [0.15, 0.2) is 12.2 Å². The highest BCUT2D eigenvalue weighted by Crippen LogP contribution is 2.29. The predicted molar refractivity (Wildman–Crippen MR) is 67.0 cm³/mol. The molecule has 0 aromatic rings. The third kappa shape index (κ3) is 3.30. The van der Waals surface area contributed by atoms with Gasteiger partial charge in [-0.05, 0) is 45.3 Å². The van der Waals surface area contributed by atoms with E-state index in [1.807, 2.05) is 0 Å². The summed E-state index contributed by atoms with van der Waals surface area (Å²) in [5, 5.41) is 8.55. The van der Waals surface area contributed by atoms with E-state index in [-0.39, 0.29) is 0 Å². The molecule has 2 saturated heterocycles. The van der Waals surface area contributed by atoms with Gasteiger partial charge in [-0.3, -0.25) is 4.90 Å². The summed E-state index contributed by atoms with van der Waals surface area (Å²) in [6, 6.07) is 0.753. The highest BCUT2D eigenvalue weighted by molar-refractivity contribution is 5.79. The summed E-state index contributed by atoms with van der Waals surface area (Å²) < 4.78 is 0. The van der Waals surface area contributed by atoms with Crippen LogP contribution in [0.3, 0.4) is 0 Å². The number of piperidine rings is 2. The zero-order chi connectivity index (χ0) is 12.3. The Morgan fingerprint density at radius 2 is 2.24 bits per heavy atom. The summed E-state index contributed by atoms with van der Waals surface area (Å²) in [6.07, 6.45) is 6.86. The molecule has 0 bridgehead atoms. The first-order valence-electron chi connectivity index (χ1n) is 6.49. The molecule has 0 radical (unpaired) electrons. The molecule has 17 heavy (non-hydrogen) atoms. The van der Waals surface area contributed by atoms with Crippen molar-refractivity contribution in [3.05, 3.63) is 12.2 Å². The standard InChI is InChI=1S/C13H22N2O2/c1-14-7-2-4-11-10-15(9-6-12(11)14)8-3-5-13(16)17/h3,5,11-12H,2,4,6-10H2,1H3,(H,16,17)/b5-3+. The molecule has 2 aliphatic heterocycles. The maximum absolute atomic E-state index is 10.4. The Morgan fingerprint density at radius 1 is 1.41 bits per heavy atom. The van der Waals surface area contributed by atoms with E-state index in [4.69, 9.17) is 5.11 Å². The molecule has 2 atom stereocenters. The molecular weight excluding hydrogens is 216 g/mol. The van der Waals surface area contributed by atoms with E-state index in [2.05, 4.69) is 16.8 Å². The molecule has 0 aliphatic carbocycles. The number of carboxylic acid groups (broad SMARTS) is 1. The lowest BCUT2D eigenvalue weighted by molar-refractivity contribution is -0.131. The average Bonchev–Trinajstić information content (AvgIpc) is 2.29. The van der Waals surface area contributed by atoms with E-state index in [0.717, 1.165) is 31.6 Å². The number of rotatable bonds is 3. The summed E-state index contributed by atoms with van der Waals surface area (Å²) in [7, 11) is 2.23. The molecule has 1 N–H and O–H groups in total. The quantitative estimate of drug-likeness (QED) is 0.746. The van der Waals surface area contributed by atoms with Gasteiger partial charge in [0, 0.05) is 25.2 Å². The van der Waals surface area contributed by atoms with Crippen LogP contribution in [-0.2, 0) is 4.79 Å². The Morgan fingerprint density at radius 3 is 3.00 bits per heavy atom. The van der Waals surface area contributed by atoms with E-state index >= 15 is 0 Å². The van der Waals surface area contributed by atoms with E-state index in [0.29, 0.717) is 0 Å². The van der Waals surface area contributed by atoms with Crippen LogP contribution < -0.4 is 0 Å². The minimum Gasteiger partial charge on any atom is -0.478 e. The molecule has 0 spiro atoms. The Balaban J connectivity index is 1.83. The van der Waals surface area contributed by atoms with Gasteiger partial charge in [0.25, 0.3) is 0 Å². The van der Waals surface area contributed by atoms with Gasteiger partial charge in [-0.2, -0.15) is 0 Å². The predicted octanol–water partition coefficient (Wildman–Crippen LogP) is 1.04. The van der Waals surface area contributed by atoms with Gasteiger partial charge >= 0.3 is 5.97 Å². The maximum atomic E-state index is 10.4. The van der Waals surface area contributed by atoms with Gasteiger partial charge in [-0.1, -0.05) is 6.08 Å². The van der Waals surface area contributed by atoms with Gasteiger partial charge in [0.2, 0.25) is 0 Å². The summed E-state index contributed by atoms with van der Waals surface area (Å²) in [4.78, 5) is 15.3. The Hall–Kier alpha value is -0.870. The highest BCUT2D eigenvalue weighted by Gasteiger charge is 2.33. The van der Waals surface area contributed by atoms with Crippen LogP contribution in [0.1, 0.15) is 19.3 Å². The highest BCUT2D eigenvalue weighted by atomic mass is 16.4. The molecule has 2 aliphatic rings. The first-order valence-corrected chi connectivity index (χ1v) is 6.49. The topological polar surface area (TPSA) is 43.8 Å². The summed E-state index contributed by atoms with van der Waals surface area (Å²) in [5.74, 6) is -0.0713. The second kappa shape index (κ2) is 5.65. The number of fused-ring (bicyclic) bond motifs is 1. The summed E-state index contributed by atoms with van der Waals surface area (Å²) >= 11 is 0. The van der Waals surface area contributed by atoms with Crippen LogP contribution in [-0.4, -0.2) is 60.1 Å². The number of carboxylic acids is 1. The lowest BCUT2D eigenvalue weighted by Crippen LogP contribution is -2.52. The lowest BCUT2D eigenvalue weighted by atomic mass is 9.84. The molecule has 2 fully saturated rings. The van der Waals surface area contributed by atoms with E-state index in [1.54, 1.807) is 6.08 Å². The second-order valence-corrected chi connectivity index (χ2v) is 5.24. The molecule has 0 saturated carbocycles. The van der Waals surface area contributed by atoms with E-state index < -0.39 is 5.97 Å². The monoisotopic (exact) mass is 238 g/mol. The molecular formula is C13H22N2O2. The molecule has 4 nitrogen and oxygen atoms in total. The third-order valence-corrected chi connectivity index (χ3v) is 4.05. The Kier molecular flexibility index (Phi) is 4.18. The Labute approximate surface area is 103 Å². The van der Waals surface area contributed by atoms with Crippen molar-refractivity contribution in [3.63, 3.8) is 0 Å². The van der Waals surface area contributed by atoms with Crippen LogP contribution in [0.2, 0.25) is 0 Å². The number of nitrogens with zero attached hydrogens (tertiary/aromatic N) is 2. The molecule has 4 heteroatoms. The van der Waals surface area contributed by atoms with Gasteiger partial charge < -0.3 is 10.0 Å². The normalized spacial score (nSPS) is 31.6. The zero-order valence-corrected chi connectivity index (χ0v) is 10.5. The van der Waals surface area contributed by atoms with Crippen LogP contribution >= 0.6 is 0 Å². The SMILES string of the molecule is CN1CCCC2CN(C/C=C/C(=O)O)CCC21.